The van der Waals surface area contributed by atoms with Crippen molar-refractivity contribution >= 4 is 49.6 Å². The molecular formula is C23H21Br2F4NO5. The molecule has 0 saturated heterocycles. The fourth-order valence-electron chi connectivity index (χ4n) is 2.60. The molecule has 0 aliphatic rings. The summed E-state index contributed by atoms with van der Waals surface area (Å²) in [6.45, 7) is 4.28. The van der Waals surface area contributed by atoms with Crippen molar-refractivity contribution in [2.45, 2.75) is 20.8 Å². The summed E-state index contributed by atoms with van der Waals surface area (Å²) in [5.74, 6) is -6.66. The molecule has 6 nitrogen and oxygen atoms in total. The van der Waals surface area contributed by atoms with Gasteiger partial charge in [0.1, 0.15) is 28.8 Å². The second-order valence-electron chi connectivity index (χ2n) is 7.18. The molecule has 0 aromatic heterocycles. The van der Waals surface area contributed by atoms with Gasteiger partial charge < -0.3 is 14.7 Å². The number of carboxylic acids is 1. The molecule has 2 rings (SSSR count). The molecule has 35 heavy (non-hydrogen) atoms. The van der Waals surface area contributed by atoms with Crippen molar-refractivity contribution in [1.82, 2.24) is 4.90 Å². The summed E-state index contributed by atoms with van der Waals surface area (Å²) in [4.78, 5) is 36.2. The van der Waals surface area contributed by atoms with Crippen molar-refractivity contribution in [3.63, 3.8) is 0 Å². The maximum Gasteiger partial charge on any atom is 0.343 e. The highest BCUT2D eigenvalue weighted by Crippen LogP contribution is 2.27. The van der Waals surface area contributed by atoms with E-state index in [2.05, 4.69) is 31.9 Å². The Bertz CT molecular complexity index is 1200. The van der Waals surface area contributed by atoms with Gasteiger partial charge in [0.05, 0.1) is 26.7 Å². The van der Waals surface area contributed by atoms with Gasteiger partial charge in [-0.25, -0.2) is 27.2 Å². The molecule has 1 N–H and O–H groups in total. The van der Waals surface area contributed by atoms with Gasteiger partial charge in [-0.2, -0.15) is 0 Å². The van der Waals surface area contributed by atoms with E-state index >= 15 is 0 Å². The van der Waals surface area contributed by atoms with Crippen molar-refractivity contribution < 1.29 is 41.8 Å². The van der Waals surface area contributed by atoms with Crippen molar-refractivity contribution in [1.29, 1.82) is 0 Å². The van der Waals surface area contributed by atoms with Crippen LogP contribution in [0, 0.1) is 37.1 Å². The first-order valence-electron chi connectivity index (χ1n) is 9.77. The summed E-state index contributed by atoms with van der Waals surface area (Å²) in [5.41, 5.74) is -1.63. The van der Waals surface area contributed by atoms with Crippen LogP contribution in [-0.2, 0) is 9.53 Å². The van der Waals surface area contributed by atoms with Gasteiger partial charge in [-0.15, -0.1) is 0 Å². The lowest BCUT2D eigenvalue weighted by Crippen LogP contribution is -2.20. The Kier molecular flexibility index (Phi) is 11.1. The van der Waals surface area contributed by atoms with E-state index in [-0.39, 0.29) is 32.3 Å². The highest BCUT2D eigenvalue weighted by Gasteiger charge is 2.27. The molecule has 190 valence electrons. The summed E-state index contributed by atoms with van der Waals surface area (Å²) in [5, 5.41) is 8.48. The monoisotopic (exact) mass is 625 g/mol. The number of esters is 1. The van der Waals surface area contributed by atoms with Crippen LogP contribution >= 0.6 is 31.9 Å². The number of hydrogen-bond donors (Lipinski definition) is 1. The van der Waals surface area contributed by atoms with Crippen LogP contribution < -0.4 is 0 Å². The average molecular weight is 627 g/mol. The first kappa shape index (κ1) is 30.3. The van der Waals surface area contributed by atoms with Crippen LogP contribution in [0.3, 0.4) is 0 Å². The van der Waals surface area contributed by atoms with Crippen LogP contribution in [0.5, 0.6) is 0 Å². The summed E-state index contributed by atoms with van der Waals surface area (Å²) in [6.07, 6.45) is 1.22. The quantitative estimate of drug-likeness (QED) is 0.0810. The van der Waals surface area contributed by atoms with E-state index in [1.807, 2.05) is 0 Å². The zero-order valence-electron chi connectivity index (χ0n) is 19.2. The normalized spacial score (nSPS) is 10.9. The third-order valence-corrected chi connectivity index (χ3v) is 6.30. The highest BCUT2D eigenvalue weighted by atomic mass is 79.9. The van der Waals surface area contributed by atoms with Gasteiger partial charge in [0.15, 0.2) is 0 Å². The predicted octanol–water partition coefficient (Wildman–Crippen LogP) is 5.96. The predicted molar refractivity (Wildman–Crippen MR) is 127 cm³/mol. The standard InChI is InChI=1S/C15H16BrF2NO3.C8H5BrF2O2/c1-5-22-15(21)10(7-19(3)4)14(20)9-6-11(17)12(16)8(2)13(9)18;1-3-6(9)5(10)2-4(7(3)11)8(12)13/h6-7H,5H2,1-4H3;2H,1H3,(H,12,13)/b10-7-;. The Morgan fingerprint density at radius 2 is 1.37 bits per heavy atom. The van der Waals surface area contributed by atoms with Crippen molar-refractivity contribution in [3.8, 4) is 0 Å². The summed E-state index contributed by atoms with van der Waals surface area (Å²) in [7, 11) is 3.19. The van der Waals surface area contributed by atoms with Crippen LogP contribution in [0.25, 0.3) is 0 Å². The largest absolute Gasteiger partial charge is 0.478 e. The number of carbonyl (C=O) groups is 3. The minimum atomic E-state index is -1.48. The first-order valence-corrected chi connectivity index (χ1v) is 11.4. The number of halogens is 6. The van der Waals surface area contributed by atoms with Crippen molar-refractivity contribution in [3.05, 3.63) is 78.4 Å². The smallest absolute Gasteiger partial charge is 0.343 e. The molecule has 0 aliphatic heterocycles. The van der Waals surface area contributed by atoms with Gasteiger partial charge >= 0.3 is 11.9 Å². The van der Waals surface area contributed by atoms with Gasteiger partial charge in [0.2, 0.25) is 5.78 Å². The Labute approximate surface area is 215 Å². The molecule has 0 unspecified atom stereocenters. The average Bonchev–Trinajstić information content (AvgIpc) is 2.79. The number of ether oxygens (including phenoxy) is 1. The fourth-order valence-corrected chi connectivity index (χ4v) is 3.18. The van der Waals surface area contributed by atoms with Crippen LogP contribution in [0.15, 0.2) is 32.9 Å². The van der Waals surface area contributed by atoms with E-state index < -0.39 is 52.1 Å². The van der Waals surface area contributed by atoms with Crippen molar-refractivity contribution in [2.24, 2.45) is 0 Å². The molecule has 0 amide bonds. The third kappa shape index (κ3) is 7.38. The molecule has 0 saturated carbocycles. The Morgan fingerprint density at radius 1 is 0.943 bits per heavy atom. The van der Waals surface area contributed by atoms with Gasteiger partial charge in [-0.3, -0.25) is 4.79 Å². The van der Waals surface area contributed by atoms with Crippen molar-refractivity contribution in [2.75, 3.05) is 20.7 Å². The van der Waals surface area contributed by atoms with Gasteiger partial charge in [-0.1, -0.05) is 0 Å². The van der Waals surface area contributed by atoms with Crippen LogP contribution in [0.2, 0.25) is 0 Å². The SMILES string of the molecule is CCOC(=O)/C(=C\N(C)C)C(=O)c1cc(F)c(Br)c(C)c1F.Cc1c(F)c(C(=O)O)cc(F)c1Br. The summed E-state index contributed by atoms with van der Waals surface area (Å²) < 4.78 is 58.7. The fraction of sp³-hybridized carbons (Fsp3) is 0.261. The number of rotatable bonds is 6. The number of benzene rings is 2. The molecule has 2 aromatic carbocycles. The molecule has 0 atom stereocenters. The highest BCUT2D eigenvalue weighted by molar-refractivity contribution is 9.10. The lowest BCUT2D eigenvalue weighted by molar-refractivity contribution is -0.138. The lowest BCUT2D eigenvalue weighted by atomic mass is 10.0. The Balaban J connectivity index is 0.000000400. The summed E-state index contributed by atoms with van der Waals surface area (Å²) in [6, 6.07) is 1.41. The minimum Gasteiger partial charge on any atom is -0.478 e. The third-order valence-electron chi connectivity index (χ3n) is 4.35. The van der Waals surface area contributed by atoms with E-state index in [1.165, 1.54) is 24.9 Å². The zero-order chi connectivity index (χ0) is 27.2. The summed E-state index contributed by atoms with van der Waals surface area (Å²) >= 11 is 5.71. The van der Waals surface area contributed by atoms with Gasteiger partial charge in [0.25, 0.3) is 0 Å². The van der Waals surface area contributed by atoms with Gasteiger partial charge in [0, 0.05) is 31.4 Å². The Morgan fingerprint density at radius 3 is 1.77 bits per heavy atom. The minimum absolute atomic E-state index is 0.0441. The molecule has 0 heterocycles. The molecule has 0 aliphatic carbocycles. The van der Waals surface area contributed by atoms with E-state index in [0.717, 1.165) is 6.07 Å². The zero-order valence-corrected chi connectivity index (χ0v) is 22.4. The van der Waals surface area contributed by atoms with E-state index in [4.69, 9.17) is 9.84 Å². The van der Waals surface area contributed by atoms with Crippen LogP contribution in [0.4, 0.5) is 17.6 Å². The number of aromatic carboxylic acids is 1. The second kappa shape index (κ2) is 12.8. The van der Waals surface area contributed by atoms with E-state index in [9.17, 15) is 31.9 Å². The number of hydrogen-bond acceptors (Lipinski definition) is 5. The maximum atomic E-state index is 14.2. The topological polar surface area (TPSA) is 83.9 Å². The Hall–Kier alpha value is -2.73. The number of Topliss-reactive ketones (excluding diaryl/α,β-unsaturated/α-hetero) is 1. The molecule has 12 heteroatoms. The molecule has 0 fully saturated rings. The van der Waals surface area contributed by atoms with Gasteiger partial charge in [-0.05, 0) is 64.8 Å². The maximum absolute atomic E-state index is 14.2. The number of nitrogens with zero attached hydrogens (tertiary/aromatic N) is 1. The molecule has 0 spiro atoms. The van der Waals surface area contributed by atoms with E-state index in [1.54, 1.807) is 21.0 Å². The molecule has 0 radical (unpaired) electrons. The first-order chi connectivity index (χ1) is 16.1. The molecule has 2 aromatic rings. The lowest BCUT2D eigenvalue weighted by Gasteiger charge is -2.12. The second-order valence-corrected chi connectivity index (χ2v) is 8.76. The number of carboxylic acid groups (broad SMARTS) is 1. The van der Waals surface area contributed by atoms with Crippen LogP contribution in [0.1, 0.15) is 38.8 Å². The molecule has 0 bridgehead atoms. The number of ketones is 1. The van der Waals surface area contributed by atoms with E-state index in [0.29, 0.717) is 6.07 Å². The van der Waals surface area contributed by atoms with Crippen LogP contribution in [-0.4, -0.2) is 48.4 Å². The molecular weight excluding hydrogens is 606 g/mol. The number of carbonyl (C=O) groups excluding carboxylic acids is 2.